The van der Waals surface area contributed by atoms with Gasteiger partial charge < -0.3 is 9.64 Å². The quantitative estimate of drug-likeness (QED) is 0.781. The van der Waals surface area contributed by atoms with E-state index >= 15 is 0 Å². The highest BCUT2D eigenvalue weighted by atomic mass is 32.2. The molecule has 144 valence electrons. The van der Waals surface area contributed by atoms with E-state index in [0.29, 0.717) is 30.3 Å². The van der Waals surface area contributed by atoms with Crippen LogP contribution in [0.15, 0.2) is 35.5 Å². The van der Waals surface area contributed by atoms with Crippen LogP contribution in [0.3, 0.4) is 0 Å². The molecule has 3 aliphatic heterocycles. The van der Waals surface area contributed by atoms with Crippen LogP contribution in [0.4, 0.5) is 5.82 Å². The van der Waals surface area contributed by atoms with Crippen LogP contribution in [0.25, 0.3) is 0 Å². The number of benzene rings is 1. The van der Waals surface area contributed by atoms with E-state index < -0.39 is 10.0 Å². The third-order valence-corrected chi connectivity index (χ3v) is 7.46. The van der Waals surface area contributed by atoms with Crippen LogP contribution >= 0.6 is 0 Å². The minimum atomic E-state index is -3.50. The molecule has 0 aliphatic carbocycles. The van der Waals surface area contributed by atoms with E-state index in [0.717, 1.165) is 23.5 Å². The van der Waals surface area contributed by atoms with Gasteiger partial charge in [-0.3, -0.25) is 0 Å². The van der Waals surface area contributed by atoms with Crippen LogP contribution in [0.2, 0.25) is 0 Å². The van der Waals surface area contributed by atoms with Gasteiger partial charge in [-0.2, -0.15) is 4.31 Å². The highest BCUT2D eigenvalue weighted by Crippen LogP contribution is 2.39. The van der Waals surface area contributed by atoms with E-state index in [1.807, 2.05) is 20.8 Å². The number of aryl methyl sites for hydroxylation is 1. The van der Waals surface area contributed by atoms with Gasteiger partial charge in [0.05, 0.1) is 11.5 Å². The number of piperidine rings is 1. The molecule has 3 aliphatic rings. The number of hydrogen-bond acceptors (Lipinski definition) is 6. The van der Waals surface area contributed by atoms with E-state index in [9.17, 15) is 8.42 Å². The molecule has 0 amide bonds. The van der Waals surface area contributed by atoms with Gasteiger partial charge in [0.25, 0.3) is 0 Å². The lowest BCUT2D eigenvalue weighted by molar-refractivity contribution is 0.0873. The van der Waals surface area contributed by atoms with E-state index in [4.69, 9.17) is 4.74 Å². The molecule has 0 saturated carbocycles. The standard InChI is InChI=1S/C19H24N4O3S/c1-4-26-17-5-7-18(8-6-17)27(24,25)23-15-9-16(23)11-22(10-15)19-13(2)14(3)20-12-21-19/h5-8,12,15-16H,4,9-11H2,1-3H3. The molecule has 3 saturated heterocycles. The van der Waals surface area contributed by atoms with Crippen LogP contribution < -0.4 is 9.64 Å². The maximum absolute atomic E-state index is 13.1. The van der Waals surface area contributed by atoms with Gasteiger partial charge >= 0.3 is 0 Å². The van der Waals surface area contributed by atoms with Gasteiger partial charge in [-0.25, -0.2) is 18.4 Å². The Bertz CT molecular complexity index is 934. The maximum Gasteiger partial charge on any atom is 0.243 e. The van der Waals surface area contributed by atoms with Gasteiger partial charge in [-0.15, -0.1) is 0 Å². The molecule has 27 heavy (non-hydrogen) atoms. The largest absolute Gasteiger partial charge is 0.494 e. The summed E-state index contributed by atoms with van der Waals surface area (Å²) in [6.45, 7) is 7.75. The van der Waals surface area contributed by atoms with Crippen LogP contribution in [-0.4, -0.2) is 54.5 Å². The van der Waals surface area contributed by atoms with E-state index in [-0.39, 0.29) is 12.1 Å². The summed E-state index contributed by atoms with van der Waals surface area (Å²) in [6, 6.07) is 6.65. The van der Waals surface area contributed by atoms with Gasteiger partial charge in [-0.1, -0.05) is 0 Å². The summed E-state index contributed by atoms with van der Waals surface area (Å²) < 4.78 is 33.3. The first kappa shape index (κ1) is 18.2. The molecule has 1 aromatic heterocycles. The number of sulfonamides is 1. The summed E-state index contributed by atoms with van der Waals surface area (Å²) >= 11 is 0. The lowest BCUT2D eigenvalue weighted by Gasteiger charge is -2.55. The molecule has 3 fully saturated rings. The minimum absolute atomic E-state index is 0.0185. The van der Waals surface area contributed by atoms with Gasteiger partial charge in [0.15, 0.2) is 0 Å². The molecular formula is C19H24N4O3S. The second-order valence-corrected chi connectivity index (χ2v) is 8.94. The van der Waals surface area contributed by atoms with Crippen molar-refractivity contribution in [2.24, 2.45) is 0 Å². The molecule has 2 bridgehead atoms. The zero-order valence-corrected chi connectivity index (χ0v) is 16.6. The van der Waals surface area contributed by atoms with Crippen molar-refractivity contribution in [3.8, 4) is 5.75 Å². The fourth-order valence-electron chi connectivity index (χ4n) is 3.98. The molecule has 2 unspecified atom stereocenters. The van der Waals surface area contributed by atoms with Gasteiger partial charge in [-0.05, 0) is 51.5 Å². The molecule has 1 aromatic carbocycles. The number of rotatable bonds is 5. The molecular weight excluding hydrogens is 364 g/mol. The van der Waals surface area contributed by atoms with Crippen LogP contribution in [0.5, 0.6) is 5.75 Å². The Kier molecular flexibility index (Phi) is 4.55. The van der Waals surface area contributed by atoms with E-state index in [1.165, 1.54) is 0 Å². The van der Waals surface area contributed by atoms with Crippen molar-refractivity contribution >= 4 is 15.8 Å². The average molecular weight is 388 g/mol. The Hall–Kier alpha value is -2.19. The Morgan fingerprint density at radius 2 is 1.78 bits per heavy atom. The predicted octanol–water partition coefficient (Wildman–Crippen LogP) is 2.14. The van der Waals surface area contributed by atoms with E-state index in [2.05, 4.69) is 14.9 Å². The van der Waals surface area contributed by atoms with Crippen molar-refractivity contribution in [1.82, 2.24) is 14.3 Å². The normalized spacial score (nSPS) is 22.4. The third kappa shape index (κ3) is 3.06. The second-order valence-electron chi connectivity index (χ2n) is 7.10. The molecule has 4 heterocycles. The van der Waals surface area contributed by atoms with Crippen LogP contribution in [0, 0.1) is 13.8 Å². The summed E-state index contributed by atoms with van der Waals surface area (Å²) in [7, 11) is -3.50. The van der Waals surface area contributed by atoms with Crippen molar-refractivity contribution in [3.63, 3.8) is 0 Å². The van der Waals surface area contributed by atoms with Crippen LogP contribution in [-0.2, 0) is 10.0 Å². The number of hydrogen-bond donors (Lipinski definition) is 0. The van der Waals surface area contributed by atoms with Crippen molar-refractivity contribution in [3.05, 3.63) is 41.9 Å². The van der Waals surface area contributed by atoms with Crippen molar-refractivity contribution < 1.29 is 13.2 Å². The zero-order valence-electron chi connectivity index (χ0n) is 15.8. The zero-order chi connectivity index (χ0) is 19.2. The molecule has 0 radical (unpaired) electrons. The number of fused-ring (bicyclic) bond motifs is 2. The topological polar surface area (TPSA) is 75.6 Å². The van der Waals surface area contributed by atoms with Gasteiger partial charge in [0, 0.05) is 36.4 Å². The Morgan fingerprint density at radius 3 is 2.41 bits per heavy atom. The molecule has 7 nitrogen and oxygen atoms in total. The van der Waals surface area contributed by atoms with Crippen molar-refractivity contribution in [1.29, 1.82) is 0 Å². The summed E-state index contributed by atoms with van der Waals surface area (Å²) in [6.07, 6.45) is 2.47. The lowest BCUT2D eigenvalue weighted by atomic mass is 9.91. The molecule has 5 rings (SSSR count). The first-order valence-electron chi connectivity index (χ1n) is 9.21. The molecule has 8 heteroatoms. The first-order valence-corrected chi connectivity index (χ1v) is 10.7. The van der Waals surface area contributed by atoms with Crippen molar-refractivity contribution in [2.45, 2.75) is 44.2 Å². The number of anilines is 1. The van der Waals surface area contributed by atoms with Crippen LogP contribution in [0.1, 0.15) is 24.6 Å². The summed E-state index contributed by atoms with van der Waals surface area (Å²) in [4.78, 5) is 11.2. The van der Waals surface area contributed by atoms with E-state index in [1.54, 1.807) is 34.9 Å². The Morgan fingerprint density at radius 1 is 1.11 bits per heavy atom. The highest BCUT2D eigenvalue weighted by Gasteiger charge is 2.51. The Labute approximate surface area is 160 Å². The minimum Gasteiger partial charge on any atom is -0.494 e. The third-order valence-electron chi connectivity index (χ3n) is 5.45. The summed E-state index contributed by atoms with van der Waals surface area (Å²) in [5.74, 6) is 1.59. The average Bonchev–Trinajstić information content (AvgIpc) is 2.64. The molecule has 2 atom stereocenters. The molecule has 0 spiro atoms. The van der Waals surface area contributed by atoms with Crippen molar-refractivity contribution in [2.75, 3.05) is 24.6 Å². The molecule has 2 aromatic rings. The number of ether oxygens (including phenoxy) is 1. The summed E-state index contributed by atoms with van der Waals surface area (Å²) in [5.41, 5.74) is 2.01. The molecule has 0 N–H and O–H groups in total. The van der Waals surface area contributed by atoms with Gasteiger partial charge in [0.2, 0.25) is 10.0 Å². The smallest absolute Gasteiger partial charge is 0.243 e. The SMILES string of the molecule is CCOc1ccc(S(=O)(=O)N2C3CC2CN(c2ncnc(C)c2C)C3)cc1. The fraction of sp³-hybridized carbons (Fsp3) is 0.474. The second kappa shape index (κ2) is 6.76. The number of aromatic nitrogens is 2. The first-order chi connectivity index (χ1) is 12.9. The monoisotopic (exact) mass is 388 g/mol. The predicted molar refractivity (Wildman–Crippen MR) is 103 cm³/mol. The highest BCUT2D eigenvalue weighted by molar-refractivity contribution is 7.89. The van der Waals surface area contributed by atoms with Gasteiger partial charge in [0.1, 0.15) is 17.9 Å². The fourth-order valence-corrected chi connectivity index (χ4v) is 5.80. The maximum atomic E-state index is 13.1. The Balaban J connectivity index is 1.53. The lowest BCUT2D eigenvalue weighted by Crippen LogP contribution is -2.70. The number of piperazine rings is 1. The summed E-state index contributed by atoms with van der Waals surface area (Å²) in [5, 5.41) is 0. The number of nitrogens with zero attached hydrogens (tertiary/aromatic N) is 4.